The number of carbonyl (C=O) groups excluding carboxylic acids is 1. The Labute approximate surface area is 135 Å². The topological polar surface area (TPSA) is 50.4 Å². The van der Waals surface area contributed by atoms with Crippen LogP contribution in [0.4, 0.5) is 11.4 Å². The predicted octanol–water partition coefficient (Wildman–Crippen LogP) is 4.04. The zero-order valence-corrected chi connectivity index (χ0v) is 13.2. The van der Waals surface area contributed by atoms with E-state index in [1.807, 2.05) is 24.3 Å². The smallest absolute Gasteiger partial charge is 0.255 e. The fourth-order valence-corrected chi connectivity index (χ4v) is 2.05. The minimum atomic E-state index is -0.155. The Hall–Kier alpha value is -2.04. The molecule has 0 aliphatic carbocycles. The Morgan fingerprint density at radius 2 is 1.68 bits per heavy atom. The highest BCUT2D eigenvalue weighted by Crippen LogP contribution is 2.15. The molecule has 5 heteroatoms. The molecule has 0 bridgehead atoms. The number of hydrogen-bond donors (Lipinski definition) is 2. The maximum absolute atomic E-state index is 12.1. The van der Waals surface area contributed by atoms with E-state index >= 15 is 0 Å². The van der Waals surface area contributed by atoms with Crippen molar-refractivity contribution < 1.29 is 9.53 Å². The SMILES string of the molecule is COCCCNc1ccc(NC(=O)c2ccc(Cl)cc2)cc1. The van der Waals surface area contributed by atoms with Crippen molar-refractivity contribution in [1.29, 1.82) is 0 Å². The predicted molar refractivity (Wildman–Crippen MR) is 90.8 cm³/mol. The summed E-state index contributed by atoms with van der Waals surface area (Å²) in [5.74, 6) is -0.155. The van der Waals surface area contributed by atoms with E-state index < -0.39 is 0 Å². The first-order chi connectivity index (χ1) is 10.7. The number of rotatable bonds is 7. The highest BCUT2D eigenvalue weighted by molar-refractivity contribution is 6.30. The third kappa shape index (κ3) is 5.06. The first-order valence-corrected chi connectivity index (χ1v) is 7.46. The molecule has 22 heavy (non-hydrogen) atoms. The number of amides is 1. The van der Waals surface area contributed by atoms with Gasteiger partial charge in [0.25, 0.3) is 5.91 Å². The average Bonchev–Trinajstić information content (AvgIpc) is 2.54. The molecule has 0 fully saturated rings. The molecule has 0 aromatic heterocycles. The van der Waals surface area contributed by atoms with Crippen molar-refractivity contribution in [3.05, 3.63) is 59.1 Å². The van der Waals surface area contributed by atoms with Gasteiger partial charge in [-0.25, -0.2) is 0 Å². The Balaban J connectivity index is 1.88. The summed E-state index contributed by atoms with van der Waals surface area (Å²) in [5, 5.41) is 6.75. The van der Waals surface area contributed by atoms with Gasteiger partial charge in [-0.05, 0) is 55.0 Å². The number of anilines is 2. The molecule has 2 aromatic carbocycles. The van der Waals surface area contributed by atoms with Crippen molar-refractivity contribution in [3.8, 4) is 0 Å². The quantitative estimate of drug-likeness (QED) is 0.757. The van der Waals surface area contributed by atoms with Gasteiger partial charge >= 0.3 is 0 Å². The molecule has 0 saturated heterocycles. The molecule has 0 aliphatic heterocycles. The van der Waals surface area contributed by atoms with E-state index in [4.69, 9.17) is 16.3 Å². The number of hydrogen-bond acceptors (Lipinski definition) is 3. The summed E-state index contributed by atoms with van der Waals surface area (Å²) in [6.45, 7) is 1.59. The number of halogens is 1. The van der Waals surface area contributed by atoms with Gasteiger partial charge in [0, 0.05) is 42.2 Å². The Bertz CT molecular complexity index is 597. The van der Waals surface area contributed by atoms with Gasteiger partial charge in [-0.1, -0.05) is 11.6 Å². The molecule has 116 valence electrons. The molecule has 0 atom stereocenters. The van der Waals surface area contributed by atoms with Crippen molar-refractivity contribution in [2.75, 3.05) is 30.9 Å². The second-order valence-corrected chi connectivity index (χ2v) is 5.25. The Kier molecular flexibility index (Phi) is 6.25. The van der Waals surface area contributed by atoms with Crippen molar-refractivity contribution in [1.82, 2.24) is 0 Å². The summed E-state index contributed by atoms with van der Waals surface area (Å²) >= 11 is 5.81. The van der Waals surface area contributed by atoms with Gasteiger partial charge < -0.3 is 15.4 Å². The molecule has 4 nitrogen and oxygen atoms in total. The van der Waals surface area contributed by atoms with Gasteiger partial charge in [0.15, 0.2) is 0 Å². The highest BCUT2D eigenvalue weighted by Gasteiger charge is 2.05. The van der Waals surface area contributed by atoms with Crippen LogP contribution in [0.5, 0.6) is 0 Å². The molecule has 1 amide bonds. The lowest BCUT2D eigenvalue weighted by Crippen LogP contribution is -2.11. The van der Waals surface area contributed by atoms with Gasteiger partial charge in [-0.2, -0.15) is 0 Å². The number of carbonyl (C=O) groups is 1. The maximum atomic E-state index is 12.1. The van der Waals surface area contributed by atoms with Crippen LogP contribution in [0.3, 0.4) is 0 Å². The number of nitrogens with one attached hydrogen (secondary N) is 2. The minimum Gasteiger partial charge on any atom is -0.385 e. The fourth-order valence-electron chi connectivity index (χ4n) is 1.93. The van der Waals surface area contributed by atoms with Gasteiger partial charge in [0.2, 0.25) is 0 Å². The maximum Gasteiger partial charge on any atom is 0.255 e. The van der Waals surface area contributed by atoms with Gasteiger partial charge in [0.05, 0.1) is 0 Å². The van der Waals surface area contributed by atoms with Gasteiger partial charge in [-0.15, -0.1) is 0 Å². The molecular formula is C17H19ClN2O2. The molecule has 0 saturated carbocycles. The normalized spacial score (nSPS) is 10.3. The fraction of sp³-hybridized carbons (Fsp3) is 0.235. The largest absolute Gasteiger partial charge is 0.385 e. The molecule has 0 unspecified atom stereocenters. The lowest BCUT2D eigenvalue weighted by Gasteiger charge is -2.08. The zero-order chi connectivity index (χ0) is 15.8. The zero-order valence-electron chi connectivity index (χ0n) is 12.4. The van der Waals surface area contributed by atoms with E-state index in [-0.39, 0.29) is 5.91 Å². The average molecular weight is 319 g/mol. The van der Waals surface area contributed by atoms with Crippen LogP contribution in [0.15, 0.2) is 48.5 Å². The molecule has 2 aromatic rings. The Morgan fingerprint density at radius 3 is 2.32 bits per heavy atom. The van der Waals surface area contributed by atoms with Crippen LogP contribution in [0.1, 0.15) is 16.8 Å². The Morgan fingerprint density at radius 1 is 1.05 bits per heavy atom. The molecule has 0 spiro atoms. The number of ether oxygens (including phenoxy) is 1. The lowest BCUT2D eigenvalue weighted by atomic mass is 10.2. The first kappa shape index (κ1) is 16.3. The molecule has 2 rings (SSSR count). The van der Waals surface area contributed by atoms with E-state index in [2.05, 4.69) is 10.6 Å². The van der Waals surface area contributed by atoms with Crippen molar-refractivity contribution in [3.63, 3.8) is 0 Å². The second kappa shape index (κ2) is 8.41. The van der Waals surface area contributed by atoms with Crippen LogP contribution in [-0.4, -0.2) is 26.2 Å². The van der Waals surface area contributed by atoms with Crippen LogP contribution in [0, 0.1) is 0 Å². The second-order valence-electron chi connectivity index (χ2n) is 4.81. The van der Waals surface area contributed by atoms with E-state index in [0.29, 0.717) is 10.6 Å². The minimum absolute atomic E-state index is 0.155. The summed E-state index contributed by atoms with van der Waals surface area (Å²) in [4.78, 5) is 12.1. The van der Waals surface area contributed by atoms with Crippen LogP contribution in [-0.2, 0) is 4.74 Å². The van der Waals surface area contributed by atoms with Crippen molar-refractivity contribution >= 4 is 28.9 Å². The van der Waals surface area contributed by atoms with E-state index in [1.165, 1.54) is 0 Å². The summed E-state index contributed by atoms with van der Waals surface area (Å²) in [6.07, 6.45) is 0.950. The number of benzene rings is 2. The summed E-state index contributed by atoms with van der Waals surface area (Å²) in [7, 11) is 1.69. The summed E-state index contributed by atoms with van der Waals surface area (Å²) in [6, 6.07) is 14.4. The summed E-state index contributed by atoms with van der Waals surface area (Å²) in [5.41, 5.74) is 2.34. The molecular weight excluding hydrogens is 300 g/mol. The number of methoxy groups -OCH3 is 1. The van der Waals surface area contributed by atoms with E-state index in [1.54, 1.807) is 31.4 Å². The van der Waals surface area contributed by atoms with E-state index in [9.17, 15) is 4.79 Å². The molecule has 0 radical (unpaired) electrons. The third-order valence-electron chi connectivity index (χ3n) is 3.10. The summed E-state index contributed by atoms with van der Waals surface area (Å²) < 4.78 is 5.00. The van der Waals surface area contributed by atoms with Gasteiger partial charge in [-0.3, -0.25) is 4.79 Å². The monoisotopic (exact) mass is 318 g/mol. The van der Waals surface area contributed by atoms with Crippen LogP contribution in [0.2, 0.25) is 5.02 Å². The highest BCUT2D eigenvalue weighted by atomic mass is 35.5. The van der Waals surface area contributed by atoms with Crippen LogP contribution >= 0.6 is 11.6 Å². The third-order valence-corrected chi connectivity index (χ3v) is 3.36. The molecule has 0 heterocycles. The first-order valence-electron chi connectivity index (χ1n) is 7.09. The van der Waals surface area contributed by atoms with Crippen molar-refractivity contribution in [2.45, 2.75) is 6.42 Å². The molecule has 0 aliphatic rings. The van der Waals surface area contributed by atoms with Crippen molar-refractivity contribution in [2.24, 2.45) is 0 Å². The molecule has 2 N–H and O–H groups in total. The van der Waals surface area contributed by atoms with E-state index in [0.717, 1.165) is 30.9 Å². The van der Waals surface area contributed by atoms with Crippen LogP contribution in [0.25, 0.3) is 0 Å². The van der Waals surface area contributed by atoms with Gasteiger partial charge in [0.1, 0.15) is 0 Å². The standard InChI is InChI=1S/C17H19ClN2O2/c1-22-12-2-11-19-15-7-9-16(10-8-15)20-17(21)13-3-5-14(18)6-4-13/h3-10,19H,2,11-12H2,1H3,(H,20,21). The lowest BCUT2D eigenvalue weighted by molar-refractivity contribution is 0.102. The van der Waals surface area contributed by atoms with Crippen LogP contribution < -0.4 is 10.6 Å².